The predicted molar refractivity (Wildman–Crippen MR) is 125 cm³/mol. The SMILES string of the molecule is CCNC(=O)CN1CCN(C(=O)c2cc(-c3ccc(OC)cc3)nc3ccccc23)CC1. The van der Waals surface area contributed by atoms with E-state index in [0.717, 1.165) is 27.9 Å². The monoisotopic (exact) mass is 432 g/mol. The molecule has 2 heterocycles. The standard InChI is InChI=1S/C25H28N4O3/c1-3-26-24(30)17-28-12-14-29(15-13-28)25(31)21-16-23(18-8-10-19(32-2)11-9-18)27-22-7-5-4-6-20(21)22/h4-11,16H,3,12-15,17H2,1-2H3,(H,26,30). The Bertz CT molecular complexity index is 1110. The number of pyridine rings is 1. The van der Waals surface area contributed by atoms with Crippen LogP contribution < -0.4 is 10.1 Å². The van der Waals surface area contributed by atoms with Crippen LogP contribution in [0.3, 0.4) is 0 Å². The van der Waals surface area contributed by atoms with Gasteiger partial charge in [-0.1, -0.05) is 18.2 Å². The zero-order valence-electron chi connectivity index (χ0n) is 18.5. The van der Waals surface area contributed by atoms with Crippen LogP contribution in [-0.2, 0) is 4.79 Å². The van der Waals surface area contributed by atoms with Crippen LogP contribution in [0.25, 0.3) is 22.2 Å². The van der Waals surface area contributed by atoms with Crippen molar-refractivity contribution < 1.29 is 14.3 Å². The molecule has 0 radical (unpaired) electrons. The minimum atomic E-state index is -0.00368. The van der Waals surface area contributed by atoms with E-state index in [1.54, 1.807) is 7.11 Å². The molecular formula is C25H28N4O3. The van der Waals surface area contributed by atoms with Gasteiger partial charge in [-0.3, -0.25) is 14.5 Å². The quantitative estimate of drug-likeness (QED) is 0.648. The predicted octanol–water partition coefficient (Wildman–Crippen LogP) is 2.80. The highest BCUT2D eigenvalue weighted by Crippen LogP contribution is 2.27. The van der Waals surface area contributed by atoms with Crippen LogP contribution in [0.2, 0.25) is 0 Å². The second kappa shape index (κ2) is 9.78. The molecule has 7 nitrogen and oxygen atoms in total. The maximum atomic E-state index is 13.5. The van der Waals surface area contributed by atoms with Crippen LogP contribution in [0.1, 0.15) is 17.3 Å². The summed E-state index contributed by atoms with van der Waals surface area (Å²) in [4.78, 5) is 34.1. The highest BCUT2D eigenvalue weighted by atomic mass is 16.5. The summed E-state index contributed by atoms with van der Waals surface area (Å²) in [5.41, 5.74) is 3.12. The van der Waals surface area contributed by atoms with Gasteiger partial charge in [-0.15, -0.1) is 0 Å². The second-order valence-corrected chi connectivity index (χ2v) is 7.82. The van der Waals surface area contributed by atoms with Gasteiger partial charge < -0.3 is 15.0 Å². The Kier molecular flexibility index (Phi) is 6.66. The maximum absolute atomic E-state index is 13.5. The highest BCUT2D eigenvalue weighted by molar-refractivity contribution is 6.07. The molecule has 3 aromatic rings. The van der Waals surface area contributed by atoms with Gasteiger partial charge in [0.2, 0.25) is 5.91 Å². The number of benzene rings is 2. The first-order valence-electron chi connectivity index (χ1n) is 10.9. The summed E-state index contributed by atoms with van der Waals surface area (Å²) in [5.74, 6) is 0.795. The lowest BCUT2D eigenvalue weighted by Gasteiger charge is -2.34. The van der Waals surface area contributed by atoms with Crippen molar-refractivity contribution in [3.63, 3.8) is 0 Å². The summed E-state index contributed by atoms with van der Waals surface area (Å²) in [6, 6.07) is 17.3. The molecule has 2 aromatic carbocycles. The van der Waals surface area contributed by atoms with Crippen LogP contribution in [0.4, 0.5) is 0 Å². The minimum Gasteiger partial charge on any atom is -0.497 e. The number of carbonyl (C=O) groups is 2. The molecule has 2 amide bonds. The van der Waals surface area contributed by atoms with Gasteiger partial charge in [0.05, 0.1) is 30.4 Å². The molecule has 32 heavy (non-hydrogen) atoms. The minimum absolute atomic E-state index is 0.00368. The van der Waals surface area contributed by atoms with Gasteiger partial charge >= 0.3 is 0 Å². The number of ether oxygens (including phenoxy) is 1. The van der Waals surface area contributed by atoms with E-state index in [4.69, 9.17) is 9.72 Å². The first kappa shape index (κ1) is 21.8. The van der Waals surface area contributed by atoms with E-state index < -0.39 is 0 Å². The zero-order chi connectivity index (χ0) is 22.5. The molecule has 0 atom stereocenters. The molecule has 0 unspecified atom stereocenters. The topological polar surface area (TPSA) is 74.8 Å². The number of nitrogens with zero attached hydrogens (tertiary/aromatic N) is 3. The van der Waals surface area contributed by atoms with Gasteiger partial charge in [0, 0.05) is 43.7 Å². The fourth-order valence-corrected chi connectivity index (χ4v) is 4.00. The van der Waals surface area contributed by atoms with Crippen molar-refractivity contribution in [2.45, 2.75) is 6.92 Å². The number of para-hydroxylation sites is 1. The maximum Gasteiger partial charge on any atom is 0.254 e. The Balaban J connectivity index is 1.58. The molecule has 0 bridgehead atoms. The number of methoxy groups -OCH3 is 1. The molecule has 7 heteroatoms. The fraction of sp³-hybridized carbons (Fsp3) is 0.320. The molecule has 0 saturated carbocycles. The lowest BCUT2D eigenvalue weighted by Crippen LogP contribution is -2.51. The van der Waals surface area contributed by atoms with Gasteiger partial charge in [-0.05, 0) is 43.3 Å². The Morgan fingerprint density at radius 2 is 1.75 bits per heavy atom. The molecular weight excluding hydrogens is 404 g/mol. The number of carbonyl (C=O) groups excluding carboxylic acids is 2. The van der Waals surface area contributed by atoms with Crippen molar-refractivity contribution in [2.75, 3.05) is 46.4 Å². The Morgan fingerprint density at radius 3 is 2.44 bits per heavy atom. The van der Waals surface area contributed by atoms with Gasteiger partial charge in [-0.25, -0.2) is 4.98 Å². The molecule has 1 aromatic heterocycles. The van der Waals surface area contributed by atoms with Crippen LogP contribution in [-0.4, -0.2) is 73.0 Å². The van der Waals surface area contributed by atoms with Crippen molar-refractivity contribution in [1.82, 2.24) is 20.1 Å². The number of likely N-dealkylation sites (N-methyl/N-ethyl adjacent to an activating group) is 1. The number of hydrogen-bond donors (Lipinski definition) is 1. The number of aromatic nitrogens is 1. The van der Waals surface area contributed by atoms with Gasteiger partial charge in [-0.2, -0.15) is 0 Å². The number of fused-ring (bicyclic) bond motifs is 1. The molecule has 1 fully saturated rings. The lowest BCUT2D eigenvalue weighted by molar-refractivity contribution is -0.122. The molecule has 0 aliphatic carbocycles. The van der Waals surface area contributed by atoms with Crippen LogP contribution in [0.15, 0.2) is 54.6 Å². The van der Waals surface area contributed by atoms with Crippen molar-refractivity contribution >= 4 is 22.7 Å². The lowest BCUT2D eigenvalue weighted by atomic mass is 10.0. The van der Waals surface area contributed by atoms with E-state index in [9.17, 15) is 9.59 Å². The Hall–Kier alpha value is -3.45. The number of hydrogen-bond acceptors (Lipinski definition) is 5. The number of rotatable bonds is 6. The van der Waals surface area contributed by atoms with E-state index in [1.165, 1.54) is 0 Å². The van der Waals surface area contributed by atoms with Crippen LogP contribution in [0.5, 0.6) is 5.75 Å². The van der Waals surface area contributed by atoms with Gasteiger partial charge in [0.15, 0.2) is 0 Å². The van der Waals surface area contributed by atoms with Crippen molar-refractivity contribution in [1.29, 1.82) is 0 Å². The molecule has 166 valence electrons. The van der Waals surface area contributed by atoms with Gasteiger partial charge in [0.25, 0.3) is 5.91 Å². The smallest absolute Gasteiger partial charge is 0.254 e. The summed E-state index contributed by atoms with van der Waals surface area (Å²) in [5, 5.41) is 3.67. The average Bonchev–Trinajstić information content (AvgIpc) is 2.83. The molecule has 1 N–H and O–H groups in total. The van der Waals surface area contributed by atoms with E-state index in [0.29, 0.717) is 44.8 Å². The van der Waals surface area contributed by atoms with Crippen LogP contribution in [0, 0.1) is 0 Å². The fourth-order valence-electron chi connectivity index (χ4n) is 4.00. The highest BCUT2D eigenvalue weighted by Gasteiger charge is 2.25. The largest absolute Gasteiger partial charge is 0.497 e. The molecule has 1 aliphatic rings. The second-order valence-electron chi connectivity index (χ2n) is 7.82. The summed E-state index contributed by atoms with van der Waals surface area (Å²) >= 11 is 0. The van der Waals surface area contributed by atoms with Gasteiger partial charge in [0.1, 0.15) is 5.75 Å². The third-order valence-corrected chi connectivity index (χ3v) is 5.73. The van der Waals surface area contributed by atoms with E-state index >= 15 is 0 Å². The molecule has 0 spiro atoms. The summed E-state index contributed by atoms with van der Waals surface area (Å²) in [6.07, 6.45) is 0. The normalized spacial score (nSPS) is 14.4. The van der Waals surface area contributed by atoms with Crippen molar-refractivity contribution in [3.8, 4) is 17.0 Å². The summed E-state index contributed by atoms with van der Waals surface area (Å²) in [7, 11) is 1.63. The Morgan fingerprint density at radius 1 is 1.03 bits per heavy atom. The first-order chi connectivity index (χ1) is 15.6. The number of piperazine rings is 1. The third-order valence-electron chi connectivity index (χ3n) is 5.73. The molecule has 4 rings (SSSR count). The zero-order valence-corrected chi connectivity index (χ0v) is 18.5. The Labute approximate surface area is 188 Å². The summed E-state index contributed by atoms with van der Waals surface area (Å²) in [6.45, 7) is 5.44. The van der Waals surface area contributed by atoms with Crippen molar-refractivity contribution in [3.05, 3.63) is 60.2 Å². The first-order valence-corrected chi connectivity index (χ1v) is 10.9. The van der Waals surface area contributed by atoms with Crippen molar-refractivity contribution in [2.24, 2.45) is 0 Å². The summed E-state index contributed by atoms with van der Waals surface area (Å²) < 4.78 is 5.25. The number of amides is 2. The third kappa shape index (κ3) is 4.73. The van der Waals surface area contributed by atoms with E-state index in [2.05, 4.69) is 10.2 Å². The van der Waals surface area contributed by atoms with E-state index in [1.807, 2.05) is 66.4 Å². The van der Waals surface area contributed by atoms with E-state index in [-0.39, 0.29) is 11.8 Å². The number of nitrogens with one attached hydrogen (secondary N) is 1. The average molecular weight is 433 g/mol. The molecule has 1 saturated heterocycles. The van der Waals surface area contributed by atoms with Crippen LogP contribution >= 0.6 is 0 Å². The molecule has 1 aliphatic heterocycles.